The van der Waals surface area contributed by atoms with Gasteiger partial charge in [-0.15, -0.1) is 0 Å². The number of anilines is 1. The van der Waals surface area contributed by atoms with Crippen molar-refractivity contribution < 1.29 is 8.42 Å². The molecule has 2 heterocycles. The number of sulfonamides is 1. The molecule has 1 aliphatic heterocycles. The Hall–Kier alpha value is -2.51. The topological polar surface area (TPSA) is 75.2 Å². The van der Waals surface area contributed by atoms with Gasteiger partial charge in [-0.25, -0.2) is 23.1 Å². The van der Waals surface area contributed by atoms with Gasteiger partial charge < -0.3 is 4.90 Å². The van der Waals surface area contributed by atoms with Crippen molar-refractivity contribution in [2.45, 2.75) is 18.9 Å². The van der Waals surface area contributed by atoms with Gasteiger partial charge >= 0.3 is 0 Å². The number of rotatable bonds is 4. The third-order valence-corrected chi connectivity index (χ3v) is 5.48. The smallest absolute Gasteiger partial charge is 0.209 e. The second-order valence-corrected chi connectivity index (χ2v) is 8.71. The lowest BCUT2D eigenvalue weighted by Crippen LogP contribution is -2.47. The van der Waals surface area contributed by atoms with Crippen LogP contribution in [0.1, 0.15) is 12.8 Å². The molecule has 1 aliphatic rings. The Balaban J connectivity index is 1.76. The van der Waals surface area contributed by atoms with Crippen LogP contribution in [0.2, 0.25) is 0 Å². The molecule has 140 valence electrons. The number of fused-ring (bicyclic) bond motifs is 1. The van der Waals surface area contributed by atoms with Gasteiger partial charge in [0, 0.05) is 30.1 Å². The molecule has 27 heavy (non-hydrogen) atoms. The first-order valence-electron chi connectivity index (χ1n) is 9.04. The third kappa shape index (κ3) is 4.09. The van der Waals surface area contributed by atoms with Crippen molar-refractivity contribution in [1.82, 2.24) is 14.7 Å². The second-order valence-electron chi connectivity index (χ2n) is 6.93. The molecule has 0 bridgehead atoms. The van der Waals surface area contributed by atoms with E-state index in [4.69, 9.17) is 9.97 Å². The molecule has 3 aromatic rings. The fourth-order valence-electron chi connectivity index (χ4n) is 3.59. The second kappa shape index (κ2) is 7.25. The summed E-state index contributed by atoms with van der Waals surface area (Å²) in [6, 6.07) is 17.8. The summed E-state index contributed by atoms with van der Waals surface area (Å²) in [6.45, 7) is 1.44. The highest BCUT2D eigenvalue weighted by Gasteiger charge is 2.25. The lowest BCUT2D eigenvalue weighted by Gasteiger charge is -2.34. The minimum atomic E-state index is -3.23. The minimum Gasteiger partial charge on any atom is -0.354 e. The van der Waals surface area contributed by atoms with E-state index < -0.39 is 10.0 Å². The SMILES string of the molecule is CS(=O)(=O)N[C@H]1CCCN(c2nc(-c3ccccc3)nc3ccccc23)C1. The van der Waals surface area contributed by atoms with Crippen molar-refractivity contribution in [2.24, 2.45) is 0 Å². The van der Waals surface area contributed by atoms with E-state index in [9.17, 15) is 8.42 Å². The van der Waals surface area contributed by atoms with Gasteiger partial charge in [-0.2, -0.15) is 0 Å². The van der Waals surface area contributed by atoms with E-state index in [1.165, 1.54) is 6.26 Å². The number of para-hydroxylation sites is 1. The minimum absolute atomic E-state index is 0.109. The van der Waals surface area contributed by atoms with Crippen molar-refractivity contribution in [3.8, 4) is 11.4 Å². The molecule has 0 spiro atoms. The van der Waals surface area contributed by atoms with E-state index >= 15 is 0 Å². The van der Waals surface area contributed by atoms with E-state index in [-0.39, 0.29) is 6.04 Å². The molecule has 1 fully saturated rings. The third-order valence-electron chi connectivity index (χ3n) is 4.72. The summed E-state index contributed by atoms with van der Waals surface area (Å²) < 4.78 is 26.0. The number of hydrogen-bond donors (Lipinski definition) is 1. The predicted octanol–water partition coefficient (Wildman–Crippen LogP) is 2.81. The number of nitrogens with one attached hydrogen (secondary N) is 1. The quantitative estimate of drug-likeness (QED) is 0.751. The zero-order valence-corrected chi connectivity index (χ0v) is 16.0. The first kappa shape index (κ1) is 17.9. The van der Waals surface area contributed by atoms with E-state index in [1.54, 1.807) is 0 Å². The molecular formula is C20H22N4O2S. The van der Waals surface area contributed by atoms with Gasteiger partial charge in [0.1, 0.15) is 5.82 Å². The van der Waals surface area contributed by atoms with Gasteiger partial charge in [-0.05, 0) is 25.0 Å². The molecule has 1 N–H and O–H groups in total. The van der Waals surface area contributed by atoms with Gasteiger partial charge in [-0.1, -0.05) is 42.5 Å². The van der Waals surface area contributed by atoms with Gasteiger partial charge in [-0.3, -0.25) is 0 Å². The normalized spacial score (nSPS) is 18.0. The van der Waals surface area contributed by atoms with Crippen LogP contribution >= 0.6 is 0 Å². The summed E-state index contributed by atoms with van der Waals surface area (Å²) >= 11 is 0. The Morgan fingerprint density at radius 2 is 1.78 bits per heavy atom. The Bertz CT molecular complexity index is 1050. The van der Waals surface area contributed by atoms with Gasteiger partial charge in [0.15, 0.2) is 5.82 Å². The molecule has 1 aromatic heterocycles. The molecule has 0 saturated carbocycles. The average Bonchev–Trinajstić information content (AvgIpc) is 2.67. The fourth-order valence-corrected chi connectivity index (χ4v) is 4.38. The fraction of sp³-hybridized carbons (Fsp3) is 0.300. The molecule has 0 aliphatic carbocycles. The summed E-state index contributed by atoms with van der Waals surface area (Å²) in [7, 11) is -3.23. The standard InChI is InChI=1S/C20H22N4O2S/c1-27(25,26)23-16-10-7-13-24(14-16)20-17-11-5-6-12-18(17)21-19(22-20)15-8-3-2-4-9-15/h2-6,8-9,11-12,16,23H,7,10,13-14H2,1H3/t16-/m0/s1. The van der Waals surface area contributed by atoms with Crippen molar-refractivity contribution in [1.29, 1.82) is 0 Å². The van der Waals surface area contributed by atoms with Crippen LogP contribution in [-0.2, 0) is 10.0 Å². The summed E-state index contributed by atoms with van der Waals surface area (Å²) in [5.74, 6) is 1.54. The number of hydrogen-bond acceptors (Lipinski definition) is 5. The molecule has 0 unspecified atom stereocenters. The molecule has 0 amide bonds. The molecule has 6 nitrogen and oxygen atoms in total. The summed E-state index contributed by atoms with van der Waals surface area (Å²) in [5.41, 5.74) is 1.85. The number of benzene rings is 2. The average molecular weight is 382 g/mol. The van der Waals surface area contributed by atoms with Crippen LogP contribution in [0.4, 0.5) is 5.82 Å². The van der Waals surface area contributed by atoms with Gasteiger partial charge in [0.2, 0.25) is 10.0 Å². The monoisotopic (exact) mass is 382 g/mol. The Kier molecular flexibility index (Phi) is 4.80. The zero-order valence-electron chi connectivity index (χ0n) is 15.2. The predicted molar refractivity (Wildman–Crippen MR) is 108 cm³/mol. The van der Waals surface area contributed by atoms with Gasteiger partial charge in [0.05, 0.1) is 11.8 Å². The van der Waals surface area contributed by atoms with E-state index in [0.29, 0.717) is 12.4 Å². The molecular weight excluding hydrogens is 360 g/mol. The molecule has 1 atom stereocenters. The van der Waals surface area contributed by atoms with Crippen LogP contribution in [0.3, 0.4) is 0 Å². The molecule has 0 radical (unpaired) electrons. The van der Waals surface area contributed by atoms with Gasteiger partial charge in [0.25, 0.3) is 0 Å². The Morgan fingerprint density at radius 1 is 1.04 bits per heavy atom. The maximum atomic E-state index is 11.6. The van der Waals surface area contributed by atoms with Crippen LogP contribution in [0.15, 0.2) is 54.6 Å². The summed E-state index contributed by atoms with van der Waals surface area (Å²) in [6.07, 6.45) is 2.95. The number of aromatic nitrogens is 2. The number of nitrogens with zero attached hydrogens (tertiary/aromatic N) is 3. The maximum Gasteiger partial charge on any atom is 0.209 e. The maximum absolute atomic E-state index is 11.6. The van der Waals surface area contributed by atoms with Crippen LogP contribution in [0, 0.1) is 0 Å². The highest BCUT2D eigenvalue weighted by molar-refractivity contribution is 7.88. The molecule has 7 heteroatoms. The Labute approximate surface area is 159 Å². The van der Waals surface area contributed by atoms with Crippen LogP contribution < -0.4 is 9.62 Å². The van der Waals surface area contributed by atoms with Crippen molar-refractivity contribution in [2.75, 3.05) is 24.2 Å². The summed E-state index contributed by atoms with van der Waals surface area (Å²) in [4.78, 5) is 11.8. The van der Waals surface area contributed by atoms with E-state index in [1.807, 2.05) is 54.6 Å². The highest BCUT2D eigenvalue weighted by Crippen LogP contribution is 2.29. The van der Waals surface area contributed by atoms with E-state index in [0.717, 1.165) is 41.7 Å². The van der Waals surface area contributed by atoms with Crippen LogP contribution in [0.5, 0.6) is 0 Å². The van der Waals surface area contributed by atoms with Crippen molar-refractivity contribution in [3.63, 3.8) is 0 Å². The first-order valence-corrected chi connectivity index (χ1v) is 10.9. The lowest BCUT2D eigenvalue weighted by atomic mass is 10.1. The summed E-state index contributed by atoms with van der Waals surface area (Å²) in [5, 5.41) is 0.984. The van der Waals surface area contributed by atoms with Crippen LogP contribution in [0.25, 0.3) is 22.3 Å². The first-order chi connectivity index (χ1) is 13.0. The largest absolute Gasteiger partial charge is 0.354 e. The van der Waals surface area contributed by atoms with Crippen molar-refractivity contribution >= 4 is 26.7 Å². The molecule has 2 aromatic carbocycles. The lowest BCUT2D eigenvalue weighted by molar-refractivity contribution is 0.466. The highest BCUT2D eigenvalue weighted by atomic mass is 32.2. The van der Waals surface area contributed by atoms with E-state index in [2.05, 4.69) is 9.62 Å². The zero-order chi connectivity index (χ0) is 18.9. The molecule has 1 saturated heterocycles. The molecule has 4 rings (SSSR count). The van der Waals surface area contributed by atoms with Crippen molar-refractivity contribution in [3.05, 3.63) is 54.6 Å². The van der Waals surface area contributed by atoms with Crippen LogP contribution in [-0.4, -0.2) is 43.8 Å². The Morgan fingerprint density at radius 3 is 2.56 bits per heavy atom. The number of piperidine rings is 1.